The van der Waals surface area contributed by atoms with Crippen molar-refractivity contribution in [2.24, 2.45) is 0 Å². The maximum absolute atomic E-state index is 13.0. The van der Waals surface area contributed by atoms with Crippen molar-refractivity contribution in [3.63, 3.8) is 0 Å². The molecule has 3 N–H and O–H groups in total. The summed E-state index contributed by atoms with van der Waals surface area (Å²) in [6.07, 6.45) is 0. The third-order valence-electron chi connectivity index (χ3n) is 1.82. The van der Waals surface area contributed by atoms with Gasteiger partial charge in [0, 0.05) is 17.6 Å². The van der Waals surface area contributed by atoms with Gasteiger partial charge >= 0.3 is 0 Å². The molecule has 1 atom stereocenters. The second kappa shape index (κ2) is 5.02. The van der Waals surface area contributed by atoms with Crippen LogP contribution >= 0.6 is 11.8 Å². The number of carbonyl (C=O) groups excluding carboxylic acids is 1. The van der Waals surface area contributed by atoms with Gasteiger partial charge in [0.05, 0.1) is 5.25 Å². The summed E-state index contributed by atoms with van der Waals surface area (Å²) in [5, 5.41) is 2.26. The Balaban J connectivity index is 2.76. The SMILES string of the molecule is CNC(=O)C(C)Sc1cc(N)cc(F)c1. The van der Waals surface area contributed by atoms with E-state index in [0.29, 0.717) is 10.6 Å². The van der Waals surface area contributed by atoms with Crippen molar-refractivity contribution in [2.45, 2.75) is 17.1 Å². The topological polar surface area (TPSA) is 55.1 Å². The molecule has 5 heteroatoms. The molecule has 0 heterocycles. The van der Waals surface area contributed by atoms with Crippen LogP contribution in [0.5, 0.6) is 0 Å². The highest BCUT2D eigenvalue weighted by Crippen LogP contribution is 2.26. The molecule has 0 aliphatic carbocycles. The highest BCUT2D eigenvalue weighted by Gasteiger charge is 2.12. The highest BCUT2D eigenvalue weighted by molar-refractivity contribution is 8.00. The van der Waals surface area contributed by atoms with Gasteiger partial charge in [0.1, 0.15) is 5.82 Å². The Kier molecular flexibility index (Phi) is 3.96. The molecule has 0 saturated carbocycles. The number of nitrogens with one attached hydrogen (secondary N) is 1. The molecule has 0 saturated heterocycles. The lowest BCUT2D eigenvalue weighted by Gasteiger charge is -2.09. The molecule has 0 aliphatic rings. The minimum atomic E-state index is -0.387. The van der Waals surface area contributed by atoms with Crippen molar-refractivity contribution in [2.75, 3.05) is 12.8 Å². The van der Waals surface area contributed by atoms with Crippen LogP contribution in [0.2, 0.25) is 0 Å². The smallest absolute Gasteiger partial charge is 0.232 e. The van der Waals surface area contributed by atoms with Gasteiger partial charge in [0.15, 0.2) is 0 Å². The average molecular weight is 228 g/mol. The van der Waals surface area contributed by atoms with E-state index in [-0.39, 0.29) is 17.0 Å². The predicted molar refractivity (Wildman–Crippen MR) is 60.2 cm³/mol. The van der Waals surface area contributed by atoms with E-state index in [0.717, 1.165) is 0 Å². The normalized spacial score (nSPS) is 12.2. The first-order valence-corrected chi connectivity index (χ1v) is 5.35. The predicted octanol–water partition coefficient (Wildman–Crippen LogP) is 1.63. The summed E-state index contributed by atoms with van der Waals surface area (Å²) >= 11 is 1.27. The molecule has 1 unspecified atom stereocenters. The molecule has 0 aliphatic heterocycles. The fourth-order valence-corrected chi connectivity index (χ4v) is 2.13. The minimum absolute atomic E-state index is 0.0946. The van der Waals surface area contributed by atoms with Crippen LogP contribution in [0.3, 0.4) is 0 Å². The summed E-state index contributed by atoms with van der Waals surface area (Å²) in [6, 6.07) is 4.25. The fraction of sp³-hybridized carbons (Fsp3) is 0.300. The zero-order valence-corrected chi connectivity index (χ0v) is 9.40. The van der Waals surface area contributed by atoms with Gasteiger partial charge in [-0.05, 0) is 25.1 Å². The molecule has 3 nitrogen and oxygen atoms in total. The molecule has 1 rings (SSSR count). The molecule has 0 fully saturated rings. The number of benzene rings is 1. The van der Waals surface area contributed by atoms with Gasteiger partial charge in [-0.15, -0.1) is 11.8 Å². The van der Waals surface area contributed by atoms with Gasteiger partial charge in [-0.1, -0.05) is 0 Å². The molecular weight excluding hydrogens is 215 g/mol. The average Bonchev–Trinajstić information content (AvgIpc) is 2.14. The van der Waals surface area contributed by atoms with Crippen LogP contribution in [0.1, 0.15) is 6.92 Å². The maximum Gasteiger partial charge on any atom is 0.232 e. The summed E-state index contributed by atoms with van der Waals surface area (Å²) in [5.74, 6) is -0.482. The molecule has 0 bridgehead atoms. The van der Waals surface area contributed by atoms with E-state index in [4.69, 9.17) is 5.73 Å². The van der Waals surface area contributed by atoms with Crippen molar-refractivity contribution in [3.8, 4) is 0 Å². The van der Waals surface area contributed by atoms with E-state index in [9.17, 15) is 9.18 Å². The molecule has 0 spiro atoms. The Labute approximate surface area is 92.2 Å². The molecule has 15 heavy (non-hydrogen) atoms. The summed E-state index contributed by atoms with van der Waals surface area (Å²) in [5.41, 5.74) is 5.85. The first-order valence-electron chi connectivity index (χ1n) is 4.47. The molecule has 1 aromatic rings. The van der Waals surface area contributed by atoms with Crippen molar-refractivity contribution in [1.29, 1.82) is 0 Å². The van der Waals surface area contributed by atoms with E-state index in [1.165, 1.54) is 23.9 Å². The number of rotatable bonds is 3. The van der Waals surface area contributed by atoms with Gasteiger partial charge < -0.3 is 11.1 Å². The van der Waals surface area contributed by atoms with Crippen LogP contribution in [-0.4, -0.2) is 18.2 Å². The molecule has 0 radical (unpaired) electrons. The summed E-state index contributed by atoms with van der Waals surface area (Å²) < 4.78 is 13.0. The molecular formula is C10H13FN2OS. The van der Waals surface area contributed by atoms with Gasteiger partial charge in [-0.3, -0.25) is 4.79 Å². The molecule has 1 aromatic carbocycles. The number of hydrogen-bond acceptors (Lipinski definition) is 3. The summed E-state index contributed by atoms with van der Waals surface area (Å²) in [4.78, 5) is 11.9. The number of carbonyl (C=O) groups is 1. The Morgan fingerprint density at radius 3 is 2.73 bits per heavy atom. The second-order valence-corrected chi connectivity index (χ2v) is 4.51. The van der Waals surface area contributed by atoms with Crippen LogP contribution in [0.25, 0.3) is 0 Å². The number of thioether (sulfide) groups is 1. The minimum Gasteiger partial charge on any atom is -0.399 e. The molecule has 1 amide bonds. The first-order chi connectivity index (χ1) is 7.02. The highest BCUT2D eigenvalue weighted by atomic mass is 32.2. The number of amides is 1. The summed E-state index contributed by atoms with van der Waals surface area (Å²) in [7, 11) is 1.57. The number of nitrogens with two attached hydrogens (primary N) is 1. The monoisotopic (exact) mass is 228 g/mol. The van der Waals surface area contributed by atoms with Gasteiger partial charge in [0.25, 0.3) is 0 Å². The third kappa shape index (κ3) is 3.43. The zero-order valence-electron chi connectivity index (χ0n) is 8.58. The Bertz CT molecular complexity index is 350. The van der Waals surface area contributed by atoms with Crippen LogP contribution in [-0.2, 0) is 4.79 Å². The fourth-order valence-electron chi connectivity index (χ4n) is 1.11. The molecule has 82 valence electrons. The third-order valence-corrected chi connectivity index (χ3v) is 2.90. The zero-order chi connectivity index (χ0) is 11.4. The Morgan fingerprint density at radius 1 is 1.53 bits per heavy atom. The molecule has 0 aromatic heterocycles. The van der Waals surface area contributed by atoms with Crippen molar-refractivity contribution in [1.82, 2.24) is 5.32 Å². The van der Waals surface area contributed by atoms with Crippen molar-refractivity contribution >= 4 is 23.4 Å². The lowest BCUT2D eigenvalue weighted by molar-refractivity contribution is -0.119. The standard InChI is InChI=1S/C10H13FN2OS/c1-6(10(14)13-2)15-9-4-7(11)3-8(12)5-9/h3-6H,12H2,1-2H3,(H,13,14). The van der Waals surface area contributed by atoms with Crippen LogP contribution < -0.4 is 11.1 Å². The van der Waals surface area contributed by atoms with Crippen LogP contribution in [0.4, 0.5) is 10.1 Å². The van der Waals surface area contributed by atoms with Gasteiger partial charge in [-0.25, -0.2) is 4.39 Å². The number of anilines is 1. The Hall–Kier alpha value is -1.23. The van der Waals surface area contributed by atoms with Gasteiger partial charge in [0.2, 0.25) is 5.91 Å². The lowest BCUT2D eigenvalue weighted by Crippen LogP contribution is -2.27. The van der Waals surface area contributed by atoms with Crippen LogP contribution in [0.15, 0.2) is 23.1 Å². The van der Waals surface area contributed by atoms with Gasteiger partial charge in [-0.2, -0.15) is 0 Å². The number of hydrogen-bond donors (Lipinski definition) is 2. The second-order valence-electron chi connectivity index (χ2n) is 3.09. The van der Waals surface area contributed by atoms with E-state index in [1.807, 2.05) is 0 Å². The number of halogens is 1. The van der Waals surface area contributed by atoms with E-state index in [2.05, 4.69) is 5.32 Å². The first kappa shape index (κ1) is 11.8. The maximum atomic E-state index is 13.0. The lowest BCUT2D eigenvalue weighted by atomic mass is 10.3. The van der Waals surface area contributed by atoms with E-state index in [1.54, 1.807) is 20.0 Å². The van der Waals surface area contributed by atoms with E-state index >= 15 is 0 Å². The van der Waals surface area contributed by atoms with E-state index < -0.39 is 0 Å². The van der Waals surface area contributed by atoms with Crippen LogP contribution in [0, 0.1) is 5.82 Å². The Morgan fingerprint density at radius 2 is 2.20 bits per heavy atom. The number of nitrogen functional groups attached to an aromatic ring is 1. The quantitative estimate of drug-likeness (QED) is 0.610. The van der Waals surface area contributed by atoms with Crippen molar-refractivity contribution < 1.29 is 9.18 Å². The summed E-state index contributed by atoms with van der Waals surface area (Å²) in [6.45, 7) is 1.75. The van der Waals surface area contributed by atoms with Crippen molar-refractivity contribution in [3.05, 3.63) is 24.0 Å². The largest absolute Gasteiger partial charge is 0.399 e.